The van der Waals surface area contributed by atoms with Crippen molar-refractivity contribution >= 4 is 15.9 Å². The summed E-state index contributed by atoms with van der Waals surface area (Å²) in [7, 11) is -2.53. The van der Waals surface area contributed by atoms with E-state index < -0.39 is 21.7 Å². The van der Waals surface area contributed by atoms with Crippen molar-refractivity contribution in [1.29, 1.82) is 0 Å². The van der Waals surface area contributed by atoms with E-state index in [1.165, 1.54) is 43.5 Å². The van der Waals surface area contributed by atoms with Crippen LogP contribution in [-0.4, -0.2) is 28.0 Å². The summed E-state index contributed by atoms with van der Waals surface area (Å²) >= 11 is 0. The van der Waals surface area contributed by atoms with E-state index in [1.807, 2.05) is 0 Å². The number of amides is 1. The van der Waals surface area contributed by atoms with Gasteiger partial charge in [0.2, 0.25) is 10.0 Å². The summed E-state index contributed by atoms with van der Waals surface area (Å²) in [6.07, 6.45) is 0. The Morgan fingerprint density at radius 1 is 1.20 bits per heavy atom. The number of rotatable bonds is 7. The van der Waals surface area contributed by atoms with Crippen LogP contribution < -0.4 is 14.8 Å². The van der Waals surface area contributed by atoms with Crippen LogP contribution in [0, 0.1) is 5.82 Å². The number of carbonyl (C=O) groups is 1. The molecule has 8 heteroatoms. The summed E-state index contributed by atoms with van der Waals surface area (Å²) < 4.78 is 45.9. The van der Waals surface area contributed by atoms with Gasteiger partial charge in [-0.25, -0.2) is 17.5 Å². The molecule has 0 radical (unpaired) electrons. The van der Waals surface area contributed by atoms with E-state index in [9.17, 15) is 17.6 Å². The molecule has 0 aliphatic heterocycles. The molecule has 6 nitrogen and oxygen atoms in total. The maximum atomic E-state index is 13.6. The molecule has 2 rings (SSSR count). The van der Waals surface area contributed by atoms with Gasteiger partial charge in [-0.05, 0) is 31.2 Å². The summed E-state index contributed by atoms with van der Waals surface area (Å²) in [5.74, 6) is -0.674. The van der Waals surface area contributed by atoms with Crippen molar-refractivity contribution in [2.75, 3.05) is 13.7 Å². The van der Waals surface area contributed by atoms with Crippen LogP contribution in [0.2, 0.25) is 0 Å². The fraction of sp³-hybridized carbons (Fsp3) is 0.235. The molecule has 2 aromatic carbocycles. The lowest BCUT2D eigenvalue weighted by atomic mass is 10.2. The number of sulfonamides is 1. The van der Waals surface area contributed by atoms with Crippen LogP contribution >= 0.6 is 0 Å². The molecule has 0 unspecified atom stereocenters. The van der Waals surface area contributed by atoms with Crippen molar-refractivity contribution < 1.29 is 22.3 Å². The minimum Gasteiger partial charge on any atom is -0.496 e. The van der Waals surface area contributed by atoms with Crippen LogP contribution in [0.4, 0.5) is 4.39 Å². The van der Waals surface area contributed by atoms with Crippen LogP contribution in [0.1, 0.15) is 22.8 Å². The molecule has 0 aliphatic rings. The first-order valence-electron chi connectivity index (χ1n) is 7.58. The second kappa shape index (κ2) is 8.09. The number of carbonyl (C=O) groups excluding carboxylic acids is 1. The number of hydrogen-bond donors (Lipinski definition) is 2. The lowest BCUT2D eigenvalue weighted by molar-refractivity contribution is 0.0952. The van der Waals surface area contributed by atoms with E-state index in [-0.39, 0.29) is 28.3 Å². The Labute approximate surface area is 146 Å². The predicted octanol–water partition coefficient (Wildman–Crippen LogP) is 2.06. The molecule has 25 heavy (non-hydrogen) atoms. The molecule has 0 saturated heterocycles. The first kappa shape index (κ1) is 18.9. The highest BCUT2D eigenvalue weighted by Crippen LogP contribution is 2.22. The number of hydrogen-bond acceptors (Lipinski definition) is 4. The molecule has 0 bridgehead atoms. The Hall–Kier alpha value is -2.45. The average molecular weight is 366 g/mol. The minimum absolute atomic E-state index is 0.106. The van der Waals surface area contributed by atoms with Gasteiger partial charge >= 0.3 is 0 Å². The van der Waals surface area contributed by atoms with Crippen molar-refractivity contribution in [3.8, 4) is 5.75 Å². The fourth-order valence-corrected chi connectivity index (χ4v) is 3.22. The molecule has 0 aliphatic carbocycles. The van der Waals surface area contributed by atoms with Gasteiger partial charge in [0.25, 0.3) is 5.91 Å². The summed E-state index contributed by atoms with van der Waals surface area (Å²) in [6.45, 7) is 1.95. The van der Waals surface area contributed by atoms with Gasteiger partial charge in [-0.15, -0.1) is 0 Å². The van der Waals surface area contributed by atoms with Gasteiger partial charge in [0, 0.05) is 18.7 Å². The van der Waals surface area contributed by atoms with Crippen LogP contribution in [-0.2, 0) is 16.6 Å². The molecule has 1 amide bonds. The highest BCUT2D eigenvalue weighted by molar-refractivity contribution is 7.89. The predicted molar refractivity (Wildman–Crippen MR) is 91.4 cm³/mol. The van der Waals surface area contributed by atoms with E-state index in [0.29, 0.717) is 6.54 Å². The second-order valence-electron chi connectivity index (χ2n) is 5.14. The molecule has 0 fully saturated rings. The van der Waals surface area contributed by atoms with E-state index in [0.717, 1.165) is 0 Å². The normalized spacial score (nSPS) is 11.2. The van der Waals surface area contributed by atoms with Gasteiger partial charge < -0.3 is 10.1 Å². The van der Waals surface area contributed by atoms with E-state index >= 15 is 0 Å². The smallest absolute Gasteiger partial charge is 0.255 e. The van der Waals surface area contributed by atoms with Gasteiger partial charge in [0.15, 0.2) is 0 Å². The third-order valence-corrected chi connectivity index (χ3v) is 4.87. The van der Waals surface area contributed by atoms with E-state index in [1.54, 1.807) is 13.0 Å². The zero-order valence-electron chi connectivity index (χ0n) is 13.9. The molecule has 0 aromatic heterocycles. The molecule has 2 aromatic rings. The quantitative estimate of drug-likeness (QED) is 0.786. The second-order valence-corrected chi connectivity index (χ2v) is 6.90. The standard InChI is InChI=1S/C17H19FN2O4S/c1-3-19-17(21)14-10-13(8-9-16(14)24-2)25(22,23)20-11-12-6-4-5-7-15(12)18/h4-10,20H,3,11H2,1-2H3,(H,19,21). The van der Waals surface area contributed by atoms with Gasteiger partial charge in [0.1, 0.15) is 11.6 Å². The number of benzene rings is 2. The van der Waals surface area contributed by atoms with E-state index in [4.69, 9.17) is 4.74 Å². The van der Waals surface area contributed by atoms with E-state index in [2.05, 4.69) is 10.0 Å². The molecule has 134 valence electrons. The average Bonchev–Trinajstić information content (AvgIpc) is 2.60. The van der Waals surface area contributed by atoms with Crippen molar-refractivity contribution in [3.05, 3.63) is 59.4 Å². The zero-order chi connectivity index (χ0) is 18.4. The summed E-state index contributed by atoms with van der Waals surface area (Å²) in [5, 5.41) is 2.60. The number of methoxy groups -OCH3 is 1. The lowest BCUT2D eigenvalue weighted by Gasteiger charge is -2.12. The third kappa shape index (κ3) is 4.55. The van der Waals surface area contributed by atoms with Crippen molar-refractivity contribution in [1.82, 2.24) is 10.0 Å². The maximum Gasteiger partial charge on any atom is 0.255 e. The summed E-state index contributed by atoms with van der Waals surface area (Å²) in [6, 6.07) is 9.85. The van der Waals surface area contributed by atoms with Gasteiger partial charge in [-0.2, -0.15) is 0 Å². The Bertz CT molecular complexity index is 869. The van der Waals surface area contributed by atoms with Crippen molar-refractivity contribution in [2.24, 2.45) is 0 Å². The largest absolute Gasteiger partial charge is 0.496 e. The summed E-state index contributed by atoms with van der Waals surface area (Å²) in [5.41, 5.74) is 0.335. The molecular formula is C17H19FN2O4S. The SMILES string of the molecule is CCNC(=O)c1cc(S(=O)(=O)NCc2ccccc2F)ccc1OC. The van der Waals surface area contributed by atoms with Crippen molar-refractivity contribution in [3.63, 3.8) is 0 Å². The van der Waals surface area contributed by atoms with Crippen LogP contribution in [0.15, 0.2) is 47.4 Å². The van der Waals surface area contributed by atoms with Crippen LogP contribution in [0.25, 0.3) is 0 Å². The number of halogens is 1. The molecule has 0 saturated carbocycles. The Balaban J connectivity index is 2.28. The van der Waals surface area contributed by atoms with Gasteiger partial charge in [0.05, 0.1) is 17.6 Å². The van der Waals surface area contributed by atoms with Crippen LogP contribution in [0.3, 0.4) is 0 Å². The minimum atomic E-state index is -3.92. The summed E-state index contributed by atoms with van der Waals surface area (Å²) in [4.78, 5) is 12.0. The highest BCUT2D eigenvalue weighted by Gasteiger charge is 2.20. The monoisotopic (exact) mass is 366 g/mol. The molecule has 0 heterocycles. The molecule has 0 atom stereocenters. The molecule has 0 spiro atoms. The third-order valence-electron chi connectivity index (χ3n) is 3.47. The fourth-order valence-electron chi connectivity index (χ4n) is 2.19. The van der Waals surface area contributed by atoms with Crippen LogP contribution in [0.5, 0.6) is 5.75 Å². The zero-order valence-corrected chi connectivity index (χ0v) is 14.7. The first-order chi connectivity index (χ1) is 11.9. The number of ether oxygens (including phenoxy) is 1. The molecule has 2 N–H and O–H groups in total. The number of nitrogens with one attached hydrogen (secondary N) is 2. The van der Waals surface area contributed by atoms with Gasteiger partial charge in [-0.3, -0.25) is 4.79 Å². The Morgan fingerprint density at radius 2 is 1.92 bits per heavy atom. The first-order valence-corrected chi connectivity index (χ1v) is 9.06. The lowest BCUT2D eigenvalue weighted by Crippen LogP contribution is -2.26. The molecular weight excluding hydrogens is 347 g/mol. The Kier molecular flexibility index (Phi) is 6.11. The maximum absolute atomic E-state index is 13.6. The Morgan fingerprint density at radius 3 is 2.56 bits per heavy atom. The van der Waals surface area contributed by atoms with Crippen molar-refractivity contribution in [2.45, 2.75) is 18.4 Å². The topological polar surface area (TPSA) is 84.5 Å². The van der Waals surface area contributed by atoms with Gasteiger partial charge in [-0.1, -0.05) is 18.2 Å². The highest BCUT2D eigenvalue weighted by atomic mass is 32.2.